The second-order valence-corrected chi connectivity index (χ2v) is 7.82. The van der Waals surface area contributed by atoms with Crippen LogP contribution in [-0.2, 0) is 11.3 Å². The lowest BCUT2D eigenvalue weighted by molar-refractivity contribution is 0.105. The van der Waals surface area contributed by atoms with Gasteiger partial charge >= 0.3 is 0 Å². The molecule has 3 rings (SSSR count). The summed E-state index contributed by atoms with van der Waals surface area (Å²) in [5.41, 5.74) is 2.56. The molecule has 0 atom stereocenters. The second-order valence-electron chi connectivity index (χ2n) is 7.82. The third kappa shape index (κ3) is 7.27. The van der Waals surface area contributed by atoms with Crippen molar-refractivity contribution >= 4 is 29.9 Å². The molecule has 1 aliphatic rings. The van der Waals surface area contributed by atoms with Gasteiger partial charge in [-0.1, -0.05) is 25.0 Å². The predicted octanol–water partition coefficient (Wildman–Crippen LogP) is 4.53. The fourth-order valence-electron chi connectivity index (χ4n) is 4.08. The maximum atomic E-state index is 5.64. The molecule has 7 heteroatoms. The van der Waals surface area contributed by atoms with Crippen molar-refractivity contribution in [3.63, 3.8) is 0 Å². The fraction of sp³-hybridized carbons (Fsp3) is 0.565. The van der Waals surface area contributed by atoms with Crippen LogP contribution in [0.3, 0.4) is 0 Å². The van der Waals surface area contributed by atoms with E-state index in [1.807, 2.05) is 16.9 Å². The molecule has 2 N–H and O–H groups in total. The van der Waals surface area contributed by atoms with Crippen LogP contribution in [0, 0.1) is 5.41 Å². The third-order valence-electron chi connectivity index (χ3n) is 5.72. The van der Waals surface area contributed by atoms with E-state index >= 15 is 0 Å². The van der Waals surface area contributed by atoms with Crippen molar-refractivity contribution in [3.8, 4) is 5.69 Å². The van der Waals surface area contributed by atoms with Gasteiger partial charge in [0, 0.05) is 38.7 Å². The van der Waals surface area contributed by atoms with Crippen LogP contribution in [0.2, 0.25) is 0 Å². The summed E-state index contributed by atoms with van der Waals surface area (Å²) in [6, 6.07) is 10.3. The van der Waals surface area contributed by atoms with E-state index in [9.17, 15) is 0 Å². The van der Waals surface area contributed by atoms with Gasteiger partial charge in [0.05, 0.1) is 12.2 Å². The largest absolute Gasteiger partial charge is 0.382 e. The molecule has 0 spiro atoms. The van der Waals surface area contributed by atoms with Crippen molar-refractivity contribution in [2.45, 2.75) is 52.5 Å². The van der Waals surface area contributed by atoms with Crippen LogP contribution in [0.1, 0.15) is 51.5 Å². The number of benzene rings is 1. The zero-order valence-corrected chi connectivity index (χ0v) is 20.6. The SMILES string of the molecule is CCNC(=NCc1cccc(-n2cccn2)c1)NCC1(CCOCC)CCCC1.I. The number of hydrogen-bond acceptors (Lipinski definition) is 3. The van der Waals surface area contributed by atoms with Gasteiger partial charge in [-0.3, -0.25) is 0 Å². The molecule has 166 valence electrons. The molecule has 6 nitrogen and oxygen atoms in total. The van der Waals surface area contributed by atoms with E-state index in [0.29, 0.717) is 12.0 Å². The number of aliphatic imine (C=N–C) groups is 1. The van der Waals surface area contributed by atoms with Crippen molar-refractivity contribution in [1.29, 1.82) is 0 Å². The quantitative estimate of drug-likeness (QED) is 0.207. The number of nitrogens with zero attached hydrogens (tertiary/aromatic N) is 3. The van der Waals surface area contributed by atoms with Gasteiger partial charge in [-0.2, -0.15) is 5.10 Å². The van der Waals surface area contributed by atoms with Gasteiger partial charge < -0.3 is 15.4 Å². The lowest BCUT2D eigenvalue weighted by atomic mass is 9.83. The third-order valence-corrected chi connectivity index (χ3v) is 5.72. The molecule has 1 aromatic heterocycles. The first kappa shape index (κ1) is 24.7. The summed E-state index contributed by atoms with van der Waals surface area (Å²) in [7, 11) is 0. The first-order valence-electron chi connectivity index (χ1n) is 10.9. The molecule has 0 unspecified atom stereocenters. The van der Waals surface area contributed by atoms with Crippen LogP contribution < -0.4 is 10.6 Å². The average molecular weight is 525 g/mol. The molecule has 1 heterocycles. The molecule has 1 fully saturated rings. The number of nitrogens with one attached hydrogen (secondary N) is 2. The molecular weight excluding hydrogens is 489 g/mol. The van der Waals surface area contributed by atoms with E-state index in [1.54, 1.807) is 6.20 Å². The van der Waals surface area contributed by atoms with E-state index in [-0.39, 0.29) is 24.0 Å². The van der Waals surface area contributed by atoms with Crippen molar-refractivity contribution in [2.24, 2.45) is 10.4 Å². The molecule has 0 bridgehead atoms. The maximum Gasteiger partial charge on any atom is 0.191 e. The Labute approximate surface area is 197 Å². The number of halogens is 1. The number of rotatable bonds is 10. The number of guanidine groups is 1. The van der Waals surface area contributed by atoms with Crippen molar-refractivity contribution in [2.75, 3.05) is 26.3 Å². The summed E-state index contributed by atoms with van der Waals surface area (Å²) >= 11 is 0. The average Bonchev–Trinajstić information content (AvgIpc) is 3.43. The zero-order chi connectivity index (χ0) is 20.4. The fourth-order valence-corrected chi connectivity index (χ4v) is 4.08. The molecule has 1 aromatic carbocycles. The van der Waals surface area contributed by atoms with Crippen LogP contribution in [0.25, 0.3) is 5.69 Å². The molecule has 1 saturated carbocycles. The van der Waals surface area contributed by atoms with E-state index in [1.165, 1.54) is 31.2 Å². The summed E-state index contributed by atoms with van der Waals surface area (Å²) in [5.74, 6) is 0.889. The Bertz CT molecular complexity index is 757. The van der Waals surface area contributed by atoms with Gasteiger partial charge in [0.1, 0.15) is 0 Å². The minimum absolute atomic E-state index is 0. The first-order valence-corrected chi connectivity index (χ1v) is 10.9. The van der Waals surface area contributed by atoms with Gasteiger partial charge in [-0.05, 0) is 62.3 Å². The molecule has 30 heavy (non-hydrogen) atoms. The van der Waals surface area contributed by atoms with E-state index < -0.39 is 0 Å². The Morgan fingerprint density at radius 3 is 2.73 bits per heavy atom. The van der Waals surface area contributed by atoms with Crippen molar-refractivity contribution in [1.82, 2.24) is 20.4 Å². The van der Waals surface area contributed by atoms with E-state index in [2.05, 4.69) is 53.8 Å². The standard InChI is InChI=1S/C23H35N5O.HI/c1-3-24-22(26-19-23(11-5-6-12-23)13-16-29-4-2)25-18-20-9-7-10-21(17-20)28-15-8-14-27-28;/h7-10,14-15,17H,3-6,11-13,16,18-19H2,1-2H3,(H2,24,25,26);1H. The number of aromatic nitrogens is 2. The number of ether oxygens (including phenoxy) is 1. The summed E-state index contributed by atoms with van der Waals surface area (Å²) in [4.78, 5) is 4.83. The highest BCUT2D eigenvalue weighted by Gasteiger charge is 2.33. The highest BCUT2D eigenvalue weighted by Crippen LogP contribution is 2.40. The summed E-state index contributed by atoms with van der Waals surface area (Å²) < 4.78 is 7.52. The van der Waals surface area contributed by atoms with Gasteiger partial charge in [0.25, 0.3) is 0 Å². The number of hydrogen-bond donors (Lipinski definition) is 2. The summed E-state index contributed by atoms with van der Waals surface area (Å²) in [5, 5.41) is 11.3. The van der Waals surface area contributed by atoms with Crippen molar-refractivity contribution in [3.05, 3.63) is 48.3 Å². The molecule has 1 aliphatic carbocycles. The normalized spacial score (nSPS) is 15.6. The van der Waals surface area contributed by atoms with Crippen LogP contribution in [0.4, 0.5) is 0 Å². The van der Waals surface area contributed by atoms with Crippen LogP contribution in [-0.4, -0.2) is 42.0 Å². The smallest absolute Gasteiger partial charge is 0.191 e. The van der Waals surface area contributed by atoms with Gasteiger partial charge in [-0.25, -0.2) is 9.67 Å². The Morgan fingerprint density at radius 2 is 2.03 bits per heavy atom. The predicted molar refractivity (Wildman–Crippen MR) is 134 cm³/mol. The van der Waals surface area contributed by atoms with Crippen LogP contribution >= 0.6 is 24.0 Å². The Morgan fingerprint density at radius 1 is 1.20 bits per heavy atom. The van der Waals surface area contributed by atoms with Gasteiger partial charge in [-0.15, -0.1) is 24.0 Å². The van der Waals surface area contributed by atoms with Gasteiger partial charge in [0.15, 0.2) is 5.96 Å². The van der Waals surface area contributed by atoms with Crippen molar-refractivity contribution < 1.29 is 4.74 Å². The summed E-state index contributed by atoms with van der Waals surface area (Å²) in [6.07, 6.45) is 10.1. The first-order chi connectivity index (χ1) is 14.2. The maximum absolute atomic E-state index is 5.64. The lowest BCUT2D eigenvalue weighted by Gasteiger charge is -2.30. The van der Waals surface area contributed by atoms with E-state index in [0.717, 1.165) is 44.4 Å². The molecular formula is C23H36IN5O. The molecule has 0 radical (unpaired) electrons. The van der Waals surface area contributed by atoms with Crippen LogP contribution in [0.15, 0.2) is 47.7 Å². The minimum atomic E-state index is 0. The summed E-state index contributed by atoms with van der Waals surface area (Å²) in [6.45, 7) is 8.27. The highest BCUT2D eigenvalue weighted by atomic mass is 127. The molecule has 2 aromatic rings. The Balaban J connectivity index is 0.00000320. The lowest BCUT2D eigenvalue weighted by Crippen LogP contribution is -2.43. The Hall–Kier alpha value is -1.61. The highest BCUT2D eigenvalue weighted by molar-refractivity contribution is 14.0. The molecule has 0 aliphatic heterocycles. The Kier molecular flexibility index (Phi) is 10.6. The topological polar surface area (TPSA) is 63.5 Å². The monoisotopic (exact) mass is 525 g/mol. The molecule has 0 amide bonds. The minimum Gasteiger partial charge on any atom is -0.382 e. The van der Waals surface area contributed by atoms with Gasteiger partial charge in [0.2, 0.25) is 0 Å². The second kappa shape index (κ2) is 12.9. The van der Waals surface area contributed by atoms with Crippen LogP contribution in [0.5, 0.6) is 0 Å². The van der Waals surface area contributed by atoms with E-state index in [4.69, 9.17) is 9.73 Å². The zero-order valence-electron chi connectivity index (χ0n) is 18.3. The molecule has 0 saturated heterocycles.